The average molecular weight is 370 g/mol. The Labute approximate surface area is 158 Å². The van der Waals surface area contributed by atoms with Crippen molar-refractivity contribution in [2.75, 3.05) is 31.6 Å². The maximum atomic E-state index is 13.1. The second-order valence-electron chi connectivity index (χ2n) is 6.95. The van der Waals surface area contributed by atoms with Gasteiger partial charge in [-0.3, -0.25) is 9.69 Å². The van der Waals surface area contributed by atoms with Gasteiger partial charge in [-0.05, 0) is 29.8 Å². The zero-order valence-electron chi connectivity index (χ0n) is 15.1. The van der Waals surface area contributed by atoms with Crippen LogP contribution >= 0.6 is 0 Å². The molecule has 27 heavy (non-hydrogen) atoms. The number of nitrogens with zero attached hydrogens (tertiary/aromatic N) is 1. The number of nitrogens with one attached hydrogen (secondary N) is 1. The molecule has 0 aliphatic carbocycles. The van der Waals surface area contributed by atoms with Crippen LogP contribution in [0.5, 0.6) is 0 Å². The number of likely N-dealkylation sites (tertiary alicyclic amines) is 1. The van der Waals surface area contributed by atoms with Gasteiger partial charge in [0.15, 0.2) is 5.79 Å². The van der Waals surface area contributed by atoms with Crippen LogP contribution < -0.4 is 5.32 Å². The van der Waals surface area contributed by atoms with E-state index in [0.717, 1.165) is 18.4 Å². The Kier molecular flexibility index (Phi) is 5.20. The molecular weight excluding hydrogens is 347 g/mol. The lowest BCUT2D eigenvalue weighted by molar-refractivity contribution is -0.188. The largest absolute Gasteiger partial charge is 0.347 e. The van der Waals surface area contributed by atoms with Crippen LogP contribution in [0.15, 0.2) is 54.6 Å². The molecule has 4 rings (SSSR count). The van der Waals surface area contributed by atoms with E-state index in [1.807, 2.05) is 30.3 Å². The minimum absolute atomic E-state index is 0.128. The number of halogens is 1. The number of benzene rings is 2. The van der Waals surface area contributed by atoms with Crippen molar-refractivity contribution < 1.29 is 18.7 Å². The monoisotopic (exact) mass is 370 g/mol. The summed E-state index contributed by atoms with van der Waals surface area (Å²) >= 11 is 0. The van der Waals surface area contributed by atoms with Gasteiger partial charge in [-0.2, -0.15) is 0 Å². The molecular formula is C21H23FN2O3. The van der Waals surface area contributed by atoms with E-state index < -0.39 is 11.8 Å². The van der Waals surface area contributed by atoms with Crippen molar-refractivity contribution in [3.8, 4) is 0 Å². The number of amides is 1. The van der Waals surface area contributed by atoms with E-state index in [1.165, 1.54) is 12.1 Å². The molecule has 5 nitrogen and oxygen atoms in total. The van der Waals surface area contributed by atoms with Crippen molar-refractivity contribution in [2.45, 2.75) is 24.7 Å². The van der Waals surface area contributed by atoms with Crippen molar-refractivity contribution in [2.24, 2.45) is 0 Å². The minimum Gasteiger partial charge on any atom is -0.347 e. The Morgan fingerprint density at radius 3 is 2.26 bits per heavy atom. The third-order valence-corrected chi connectivity index (χ3v) is 5.21. The summed E-state index contributed by atoms with van der Waals surface area (Å²) in [5.41, 5.74) is 1.51. The molecule has 1 atom stereocenters. The Morgan fingerprint density at radius 1 is 1.00 bits per heavy atom. The SMILES string of the molecule is O=C(Nc1ccc(F)cc1)C(c1ccccc1)N1CCC2(CC1)OCCO2. The molecule has 1 amide bonds. The van der Waals surface area contributed by atoms with Crippen LogP contribution in [0.2, 0.25) is 0 Å². The van der Waals surface area contributed by atoms with Crippen LogP contribution in [0.3, 0.4) is 0 Å². The molecule has 0 radical (unpaired) electrons. The molecule has 0 saturated carbocycles. The highest BCUT2D eigenvalue weighted by molar-refractivity contribution is 5.95. The molecule has 1 unspecified atom stereocenters. The van der Waals surface area contributed by atoms with Gasteiger partial charge in [-0.15, -0.1) is 0 Å². The van der Waals surface area contributed by atoms with E-state index in [4.69, 9.17) is 9.47 Å². The highest BCUT2D eigenvalue weighted by Crippen LogP contribution is 2.35. The Balaban J connectivity index is 1.52. The second-order valence-corrected chi connectivity index (χ2v) is 6.95. The first-order chi connectivity index (χ1) is 13.2. The normalized spacial score (nSPS) is 20.5. The van der Waals surface area contributed by atoms with Crippen LogP contribution in [-0.4, -0.2) is 42.9 Å². The lowest BCUT2D eigenvalue weighted by atomic mass is 9.97. The molecule has 2 aromatic carbocycles. The molecule has 0 aromatic heterocycles. The summed E-state index contributed by atoms with van der Waals surface area (Å²) in [5, 5.41) is 2.92. The molecule has 6 heteroatoms. The standard InChI is InChI=1S/C21H23FN2O3/c22-17-6-8-18(9-7-17)23-20(25)19(16-4-2-1-3-5-16)24-12-10-21(11-13-24)26-14-15-27-21/h1-9,19H,10-15H2,(H,23,25). The van der Waals surface area contributed by atoms with Gasteiger partial charge in [-0.25, -0.2) is 4.39 Å². The van der Waals surface area contributed by atoms with Gasteiger partial charge < -0.3 is 14.8 Å². The fourth-order valence-electron chi connectivity index (χ4n) is 3.82. The molecule has 1 N–H and O–H groups in total. The lowest BCUT2D eigenvalue weighted by Gasteiger charge is -2.40. The molecule has 2 aromatic rings. The fourth-order valence-corrected chi connectivity index (χ4v) is 3.82. The number of ether oxygens (including phenoxy) is 2. The van der Waals surface area contributed by atoms with Crippen molar-refractivity contribution in [1.82, 2.24) is 4.90 Å². The number of rotatable bonds is 4. The zero-order chi connectivity index (χ0) is 18.7. The maximum absolute atomic E-state index is 13.1. The van der Waals surface area contributed by atoms with E-state index in [9.17, 15) is 9.18 Å². The summed E-state index contributed by atoms with van der Waals surface area (Å²) in [6.45, 7) is 2.67. The summed E-state index contributed by atoms with van der Waals surface area (Å²) < 4.78 is 24.7. The van der Waals surface area contributed by atoms with Gasteiger partial charge in [0.1, 0.15) is 11.9 Å². The van der Waals surface area contributed by atoms with Gasteiger partial charge in [0, 0.05) is 31.6 Å². The Hall–Kier alpha value is -2.28. The van der Waals surface area contributed by atoms with Gasteiger partial charge in [0.25, 0.3) is 0 Å². The first kappa shape index (κ1) is 18.1. The molecule has 142 valence electrons. The van der Waals surface area contributed by atoms with Gasteiger partial charge >= 0.3 is 0 Å². The topological polar surface area (TPSA) is 50.8 Å². The number of hydrogen-bond acceptors (Lipinski definition) is 4. The molecule has 2 aliphatic heterocycles. The predicted molar refractivity (Wildman–Crippen MR) is 99.7 cm³/mol. The first-order valence-corrected chi connectivity index (χ1v) is 9.29. The second kappa shape index (κ2) is 7.76. The van der Waals surface area contributed by atoms with E-state index in [0.29, 0.717) is 32.0 Å². The highest BCUT2D eigenvalue weighted by atomic mass is 19.1. The van der Waals surface area contributed by atoms with Crippen molar-refractivity contribution >= 4 is 11.6 Å². The Morgan fingerprint density at radius 2 is 1.63 bits per heavy atom. The maximum Gasteiger partial charge on any atom is 0.246 e. The van der Waals surface area contributed by atoms with E-state index in [1.54, 1.807) is 12.1 Å². The number of carbonyl (C=O) groups excluding carboxylic acids is 1. The minimum atomic E-state index is -0.481. The molecule has 2 heterocycles. The fraction of sp³-hybridized carbons (Fsp3) is 0.381. The zero-order valence-corrected chi connectivity index (χ0v) is 15.1. The van der Waals surface area contributed by atoms with Crippen LogP contribution in [0.25, 0.3) is 0 Å². The van der Waals surface area contributed by atoms with E-state index >= 15 is 0 Å². The van der Waals surface area contributed by atoms with Gasteiger partial charge in [0.2, 0.25) is 5.91 Å². The van der Waals surface area contributed by atoms with Gasteiger partial charge in [-0.1, -0.05) is 30.3 Å². The molecule has 0 bridgehead atoms. The van der Waals surface area contributed by atoms with Crippen molar-refractivity contribution in [1.29, 1.82) is 0 Å². The average Bonchev–Trinajstić information content (AvgIpc) is 3.14. The van der Waals surface area contributed by atoms with Crippen LogP contribution in [0, 0.1) is 5.82 Å². The van der Waals surface area contributed by atoms with Crippen LogP contribution in [0.1, 0.15) is 24.4 Å². The summed E-state index contributed by atoms with van der Waals surface area (Å²) in [6.07, 6.45) is 1.47. The molecule has 2 aliphatic rings. The summed E-state index contributed by atoms with van der Waals surface area (Å²) in [7, 11) is 0. The molecule has 1 spiro atoms. The predicted octanol–water partition coefficient (Wildman–Crippen LogP) is 3.34. The molecule has 2 fully saturated rings. The number of carbonyl (C=O) groups is 1. The summed E-state index contributed by atoms with van der Waals surface area (Å²) in [6, 6.07) is 15.1. The van der Waals surface area contributed by atoms with Crippen LogP contribution in [0.4, 0.5) is 10.1 Å². The smallest absolute Gasteiger partial charge is 0.246 e. The third kappa shape index (κ3) is 4.03. The van der Waals surface area contributed by atoms with Crippen molar-refractivity contribution in [3.63, 3.8) is 0 Å². The van der Waals surface area contributed by atoms with Crippen molar-refractivity contribution in [3.05, 3.63) is 66.0 Å². The van der Waals surface area contributed by atoms with Crippen LogP contribution in [-0.2, 0) is 14.3 Å². The highest BCUT2D eigenvalue weighted by Gasteiger charge is 2.42. The number of anilines is 1. The Bertz CT molecular complexity index is 766. The quantitative estimate of drug-likeness (QED) is 0.897. The first-order valence-electron chi connectivity index (χ1n) is 9.29. The lowest BCUT2D eigenvalue weighted by Crippen LogP contribution is -2.48. The number of hydrogen-bond donors (Lipinski definition) is 1. The third-order valence-electron chi connectivity index (χ3n) is 5.21. The van der Waals surface area contributed by atoms with E-state index in [-0.39, 0.29) is 11.7 Å². The summed E-state index contributed by atoms with van der Waals surface area (Å²) in [4.78, 5) is 15.3. The summed E-state index contributed by atoms with van der Waals surface area (Å²) in [5.74, 6) is -0.937. The molecule has 2 saturated heterocycles. The van der Waals surface area contributed by atoms with E-state index in [2.05, 4.69) is 10.2 Å². The van der Waals surface area contributed by atoms with Gasteiger partial charge in [0.05, 0.1) is 13.2 Å². The number of piperidine rings is 1.